The summed E-state index contributed by atoms with van der Waals surface area (Å²) in [6.45, 7) is 8.18. The average Bonchev–Trinajstić information content (AvgIpc) is 2.36. The third-order valence-corrected chi connectivity index (χ3v) is 2.81. The van der Waals surface area contributed by atoms with Crippen LogP contribution in [0.25, 0.3) is 0 Å². The summed E-state index contributed by atoms with van der Waals surface area (Å²) in [6.07, 6.45) is 1.55. The summed E-state index contributed by atoms with van der Waals surface area (Å²) in [5, 5.41) is 3.25. The fourth-order valence-electron chi connectivity index (χ4n) is 1.92. The molecule has 0 heterocycles. The van der Waals surface area contributed by atoms with E-state index < -0.39 is 0 Å². The second-order valence-electron chi connectivity index (χ2n) is 5.15. The van der Waals surface area contributed by atoms with Crippen molar-refractivity contribution in [2.45, 2.75) is 40.2 Å². The van der Waals surface area contributed by atoms with E-state index in [0.717, 1.165) is 13.0 Å². The fraction of sp³-hybridized carbons (Fsp3) is 0.562. The first-order valence-electron chi connectivity index (χ1n) is 7.06. The number of carbonyl (C=O) groups is 1. The molecule has 0 spiro atoms. The number of benzene rings is 1. The number of nitrogens with one attached hydrogen (secondary N) is 1. The Labute approximate surface area is 116 Å². The number of hydrogen-bond acceptors (Lipinski definition) is 3. The predicted molar refractivity (Wildman–Crippen MR) is 77.9 cm³/mol. The number of carbonyl (C=O) groups excluding carboxylic acids is 1. The molecular formula is C16H25NO2. The minimum absolute atomic E-state index is 0.137. The Bertz CT molecular complexity index is 371. The Morgan fingerprint density at radius 1 is 1.21 bits per heavy atom. The van der Waals surface area contributed by atoms with Crippen LogP contribution in [0.3, 0.4) is 0 Å². The average molecular weight is 263 g/mol. The summed E-state index contributed by atoms with van der Waals surface area (Å²) in [4.78, 5) is 11.1. The van der Waals surface area contributed by atoms with Crippen molar-refractivity contribution in [1.82, 2.24) is 5.32 Å². The van der Waals surface area contributed by atoms with Crippen molar-refractivity contribution >= 4 is 5.97 Å². The molecule has 1 aromatic carbocycles. The highest BCUT2D eigenvalue weighted by Crippen LogP contribution is 2.09. The molecular weight excluding hydrogens is 238 g/mol. The van der Waals surface area contributed by atoms with Crippen LogP contribution in [0.2, 0.25) is 0 Å². The van der Waals surface area contributed by atoms with E-state index in [2.05, 4.69) is 43.4 Å². The molecule has 0 aliphatic carbocycles. The molecule has 0 amide bonds. The van der Waals surface area contributed by atoms with E-state index in [0.29, 0.717) is 25.5 Å². The Kier molecular flexibility index (Phi) is 7.19. The normalized spacial score (nSPS) is 10.7. The zero-order valence-electron chi connectivity index (χ0n) is 12.2. The molecule has 0 aliphatic heterocycles. The molecule has 1 N–H and O–H groups in total. The van der Waals surface area contributed by atoms with E-state index in [1.807, 2.05) is 6.92 Å². The van der Waals surface area contributed by atoms with E-state index in [-0.39, 0.29) is 5.97 Å². The van der Waals surface area contributed by atoms with E-state index >= 15 is 0 Å². The Morgan fingerprint density at radius 2 is 1.84 bits per heavy atom. The minimum Gasteiger partial charge on any atom is -0.466 e. The van der Waals surface area contributed by atoms with Crippen LogP contribution in [0, 0.1) is 5.92 Å². The molecule has 3 heteroatoms. The Balaban J connectivity index is 2.24. The van der Waals surface area contributed by atoms with Gasteiger partial charge in [0.2, 0.25) is 0 Å². The lowest BCUT2D eigenvalue weighted by atomic mass is 10.0. The number of rotatable bonds is 8. The number of ether oxygens (including phenoxy) is 1. The van der Waals surface area contributed by atoms with Gasteiger partial charge in [-0.25, -0.2) is 0 Å². The largest absolute Gasteiger partial charge is 0.466 e. The van der Waals surface area contributed by atoms with Gasteiger partial charge in [0.1, 0.15) is 0 Å². The standard InChI is InChI=1S/C16H25NO2/c1-4-19-16(18)9-10-17-12-15-7-5-14(6-8-15)11-13(2)3/h5-8,13,17H,4,9-12H2,1-3H3. The molecule has 0 radical (unpaired) electrons. The van der Waals surface area contributed by atoms with E-state index in [4.69, 9.17) is 4.74 Å². The summed E-state index contributed by atoms with van der Waals surface area (Å²) in [5.41, 5.74) is 2.63. The minimum atomic E-state index is -0.137. The van der Waals surface area contributed by atoms with Crippen molar-refractivity contribution in [2.75, 3.05) is 13.2 Å². The van der Waals surface area contributed by atoms with Crippen molar-refractivity contribution in [3.63, 3.8) is 0 Å². The van der Waals surface area contributed by atoms with Crippen molar-refractivity contribution in [1.29, 1.82) is 0 Å². The van der Waals surface area contributed by atoms with Gasteiger partial charge in [-0.15, -0.1) is 0 Å². The lowest BCUT2D eigenvalue weighted by Crippen LogP contribution is -2.19. The van der Waals surface area contributed by atoms with Gasteiger partial charge in [0.15, 0.2) is 0 Å². The number of esters is 1. The van der Waals surface area contributed by atoms with Gasteiger partial charge in [0, 0.05) is 13.1 Å². The second-order valence-corrected chi connectivity index (χ2v) is 5.15. The van der Waals surface area contributed by atoms with E-state index in [9.17, 15) is 4.79 Å². The zero-order chi connectivity index (χ0) is 14.1. The lowest BCUT2D eigenvalue weighted by molar-refractivity contribution is -0.142. The molecule has 0 fully saturated rings. The maximum atomic E-state index is 11.1. The van der Waals surface area contributed by atoms with Crippen LogP contribution in [0.15, 0.2) is 24.3 Å². The van der Waals surface area contributed by atoms with E-state index in [1.165, 1.54) is 11.1 Å². The highest BCUT2D eigenvalue weighted by Gasteiger charge is 2.01. The maximum absolute atomic E-state index is 11.1. The molecule has 0 unspecified atom stereocenters. The monoisotopic (exact) mass is 263 g/mol. The first-order valence-corrected chi connectivity index (χ1v) is 7.06. The van der Waals surface area contributed by atoms with Crippen molar-refractivity contribution in [3.05, 3.63) is 35.4 Å². The van der Waals surface area contributed by atoms with E-state index in [1.54, 1.807) is 0 Å². The van der Waals surface area contributed by atoms with Gasteiger partial charge in [0.25, 0.3) is 0 Å². The van der Waals surface area contributed by atoms with Crippen LogP contribution in [-0.2, 0) is 22.5 Å². The van der Waals surface area contributed by atoms with Crippen molar-refractivity contribution in [2.24, 2.45) is 5.92 Å². The zero-order valence-corrected chi connectivity index (χ0v) is 12.2. The summed E-state index contributed by atoms with van der Waals surface area (Å²) < 4.78 is 4.87. The van der Waals surface area contributed by atoms with Crippen LogP contribution < -0.4 is 5.32 Å². The van der Waals surface area contributed by atoms with Crippen LogP contribution in [0.1, 0.15) is 38.3 Å². The van der Waals surface area contributed by atoms with Crippen LogP contribution in [0.4, 0.5) is 0 Å². The maximum Gasteiger partial charge on any atom is 0.307 e. The molecule has 0 aromatic heterocycles. The third-order valence-electron chi connectivity index (χ3n) is 2.81. The van der Waals surface area contributed by atoms with Gasteiger partial charge in [-0.3, -0.25) is 4.79 Å². The van der Waals surface area contributed by atoms with Gasteiger partial charge in [-0.05, 0) is 30.4 Å². The van der Waals surface area contributed by atoms with Crippen molar-refractivity contribution in [3.8, 4) is 0 Å². The molecule has 0 saturated carbocycles. The molecule has 0 aliphatic rings. The predicted octanol–water partition coefficient (Wildman–Crippen LogP) is 2.93. The fourth-order valence-corrected chi connectivity index (χ4v) is 1.92. The molecule has 106 valence electrons. The molecule has 0 atom stereocenters. The lowest BCUT2D eigenvalue weighted by Gasteiger charge is -2.07. The van der Waals surface area contributed by atoms with Gasteiger partial charge in [-0.2, -0.15) is 0 Å². The first kappa shape index (κ1) is 15.7. The molecule has 1 rings (SSSR count). The van der Waals surface area contributed by atoms with Crippen LogP contribution >= 0.6 is 0 Å². The first-order chi connectivity index (χ1) is 9.11. The molecule has 0 saturated heterocycles. The smallest absolute Gasteiger partial charge is 0.307 e. The Hall–Kier alpha value is -1.35. The second kappa shape index (κ2) is 8.70. The SMILES string of the molecule is CCOC(=O)CCNCc1ccc(CC(C)C)cc1. The van der Waals surface area contributed by atoms with Gasteiger partial charge in [-0.1, -0.05) is 38.1 Å². The molecule has 0 bridgehead atoms. The number of hydrogen-bond donors (Lipinski definition) is 1. The van der Waals surface area contributed by atoms with Gasteiger partial charge in [0.05, 0.1) is 13.0 Å². The highest BCUT2D eigenvalue weighted by atomic mass is 16.5. The topological polar surface area (TPSA) is 38.3 Å². The molecule has 19 heavy (non-hydrogen) atoms. The quantitative estimate of drug-likeness (QED) is 0.579. The summed E-state index contributed by atoms with van der Waals surface area (Å²) in [5.74, 6) is 0.552. The van der Waals surface area contributed by atoms with Gasteiger partial charge < -0.3 is 10.1 Å². The molecule has 3 nitrogen and oxygen atoms in total. The van der Waals surface area contributed by atoms with Gasteiger partial charge >= 0.3 is 5.97 Å². The summed E-state index contributed by atoms with van der Waals surface area (Å²) in [7, 11) is 0. The summed E-state index contributed by atoms with van der Waals surface area (Å²) in [6, 6.07) is 8.66. The highest BCUT2D eigenvalue weighted by molar-refractivity contribution is 5.69. The molecule has 1 aromatic rings. The van der Waals surface area contributed by atoms with Crippen LogP contribution in [-0.4, -0.2) is 19.1 Å². The van der Waals surface area contributed by atoms with Crippen LogP contribution in [0.5, 0.6) is 0 Å². The Morgan fingerprint density at radius 3 is 2.42 bits per heavy atom. The van der Waals surface area contributed by atoms with Crippen molar-refractivity contribution < 1.29 is 9.53 Å². The summed E-state index contributed by atoms with van der Waals surface area (Å²) >= 11 is 0. The third kappa shape index (κ3) is 6.97.